The molecule has 2 rings (SSSR count). The molecular weight excluding hydrogens is 272 g/mol. The van der Waals surface area contributed by atoms with Crippen molar-refractivity contribution in [2.75, 3.05) is 25.5 Å². The SMILES string of the molecule is CC(C)(C(=O)N1CCOCC1C(=O)O)c1ccc(N)cc1. The fourth-order valence-electron chi connectivity index (χ4n) is 2.43. The number of carbonyl (C=O) groups excluding carboxylic acids is 1. The molecule has 0 aromatic heterocycles. The van der Waals surface area contributed by atoms with E-state index in [4.69, 9.17) is 10.5 Å². The lowest BCUT2D eigenvalue weighted by molar-refractivity contribution is -0.160. The number of ether oxygens (including phenoxy) is 1. The van der Waals surface area contributed by atoms with Crippen molar-refractivity contribution < 1.29 is 19.4 Å². The number of benzene rings is 1. The first-order chi connectivity index (χ1) is 9.84. The fraction of sp³-hybridized carbons (Fsp3) is 0.467. The highest BCUT2D eigenvalue weighted by atomic mass is 16.5. The Morgan fingerprint density at radius 2 is 1.95 bits per heavy atom. The van der Waals surface area contributed by atoms with Crippen molar-refractivity contribution in [2.45, 2.75) is 25.3 Å². The molecule has 3 N–H and O–H groups in total. The number of aliphatic carboxylic acids is 1. The average molecular weight is 292 g/mol. The Hall–Kier alpha value is -2.08. The van der Waals surface area contributed by atoms with E-state index in [0.29, 0.717) is 12.3 Å². The van der Waals surface area contributed by atoms with E-state index in [2.05, 4.69) is 0 Å². The van der Waals surface area contributed by atoms with Gasteiger partial charge in [-0.05, 0) is 31.5 Å². The molecule has 1 atom stereocenters. The summed E-state index contributed by atoms with van der Waals surface area (Å²) in [5.74, 6) is -1.26. The summed E-state index contributed by atoms with van der Waals surface area (Å²) in [6.45, 7) is 4.24. The average Bonchev–Trinajstić information content (AvgIpc) is 2.46. The van der Waals surface area contributed by atoms with E-state index < -0.39 is 17.4 Å². The van der Waals surface area contributed by atoms with Gasteiger partial charge in [-0.15, -0.1) is 0 Å². The quantitative estimate of drug-likeness (QED) is 0.806. The summed E-state index contributed by atoms with van der Waals surface area (Å²) in [5.41, 5.74) is 6.27. The first-order valence-electron chi connectivity index (χ1n) is 6.81. The van der Waals surface area contributed by atoms with E-state index in [0.717, 1.165) is 5.56 Å². The van der Waals surface area contributed by atoms with E-state index in [9.17, 15) is 14.7 Å². The van der Waals surface area contributed by atoms with Crippen LogP contribution >= 0.6 is 0 Å². The van der Waals surface area contributed by atoms with Crippen LogP contribution < -0.4 is 5.73 Å². The van der Waals surface area contributed by atoms with Crippen molar-refractivity contribution in [3.8, 4) is 0 Å². The normalized spacial score (nSPS) is 19.3. The van der Waals surface area contributed by atoms with Crippen LogP contribution in [0.25, 0.3) is 0 Å². The molecule has 0 spiro atoms. The molecule has 0 saturated carbocycles. The molecule has 1 aliphatic rings. The Morgan fingerprint density at radius 1 is 1.33 bits per heavy atom. The van der Waals surface area contributed by atoms with Crippen molar-refractivity contribution in [1.82, 2.24) is 4.90 Å². The third kappa shape index (κ3) is 3.00. The molecule has 1 fully saturated rings. The topological polar surface area (TPSA) is 92.9 Å². The van der Waals surface area contributed by atoms with E-state index in [-0.39, 0.29) is 19.1 Å². The smallest absolute Gasteiger partial charge is 0.328 e. The van der Waals surface area contributed by atoms with Gasteiger partial charge in [-0.2, -0.15) is 0 Å². The molecule has 0 aliphatic carbocycles. The summed E-state index contributed by atoms with van der Waals surface area (Å²) < 4.78 is 5.17. The van der Waals surface area contributed by atoms with Crippen LogP contribution in [0.15, 0.2) is 24.3 Å². The number of rotatable bonds is 3. The van der Waals surface area contributed by atoms with Gasteiger partial charge in [0.1, 0.15) is 0 Å². The highest BCUT2D eigenvalue weighted by Gasteiger charge is 2.40. The Kier molecular flexibility index (Phi) is 4.18. The predicted octanol–water partition coefficient (Wildman–Crippen LogP) is 0.858. The lowest BCUT2D eigenvalue weighted by Gasteiger charge is -2.38. The Balaban J connectivity index is 2.27. The van der Waals surface area contributed by atoms with Crippen LogP contribution in [0.4, 0.5) is 5.69 Å². The number of amides is 1. The lowest BCUT2D eigenvalue weighted by Crippen LogP contribution is -2.56. The second-order valence-electron chi connectivity index (χ2n) is 5.67. The van der Waals surface area contributed by atoms with Crippen molar-refractivity contribution in [2.24, 2.45) is 0 Å². The Bertz CT molecular complexity index is 539. The summed E-state index contributed by atoms with van der Waals surface area (Å²) in [7, 11) is 0. The highest BCUT2D eigenvalue weighted by molar-refractivity contribution is 5.91. The van der Waals surface area contributed by atoms with E-state index >= 15 is 0 Å². The number of nitrogens with two attached hydrogens (primary N) is 1. The number of hydrogen-bond donors (Lipinski definition) is 2. The second kappa shape index (κ2) is 5.73. The predicted molar refractivity (Wildman–Crippen MR) is 77.8 cm³/mol. The molecule has 1 aromatic carbocycles. The minimum Gasteiger partial charge on any atom is -0.480 e. The molecule has 0 bridgehead atoms. The number of morpholine rings is 1. The molecule has 0 radical (unpaired) electrons. The van der Waals surface area contributed by atoms with Crippen LogP contribution in [0.1, 0.15) is 19.4 Å². The molecular formula is C15H20N2O4. The van der Waals surface area contributed by atoms with Gasteiger partial charge in [0.05, 0.1) is 18.6 Å². The molecule has 114 valence electrons. The maximum atomic E-state index is 12.8. The third-order valence-electron chi connectivity index (χ3n) is 3.84. The van der Waals surface area contributed by atoms with Gasteiger partial charge in [-0.1, -0.05) is 12.1 Å². The van der Waals surface area contributed by atoms with Crippen LogP contribution in [-0.2, 0) is 19.7 Å². The van der Waals surface area contributed by atoms with E-state index in [1.165, 1.54) is 4.90 Å². The third-order valence-corrected chi connectivity index (χ3v) is 3.84. The second-order valence-corrected chi connectivity index (χ2v) is 5.67. The number of carbonyl (C=O) groups is 2. The molecule has 1 unspecified atom stereocenters. The summed E-state index contributed by atoms with van der Waals surface area (Å²) in [4.78, 5) is 25.5. The maximum Gasteiger partial charge on any atom is 0.328 e. The van der Waals surface area contributed by atoms with Crippen molar-refractivity contribution in [3.63, 3.8) is 0 Å². The molecule has 1 saturated heterocycles. The summed E-state index contributed by atoms with van der Waals surface area (Å²) in [6.07, 6.45) is 0. The largest absolute Gasteiger partial charge is 0.480 e. The number of nitrogen functional groups attached to an aromatic ring is 1. The zero-order valence-electron chi connectivity index (χ0n) is 12.2. The first kappa shape index (κ1) is 15.3. The van der Waals surface area contributed by atoms with Gasteiger partial charge in [0.2, 0.25) is 5.91 Å². The van der Waals surface area contributed by atoms with Gasteiger partial charge in [0, 0.05) is 12.2 Å². The molecule has 6 nitrogen and oxygen atoms in total. The monoisotopic (exact) mass is 292 g/mol. The van der Waals surface area contributed by atoms with Crippen molar-refractivity contribution in [1.29, 1.82) is 0 Å². The minimum absolute atomic E-state index is 0.0267. The molecule has 21 heavy (non-hydrogen) atoms. The van der Waals surface area contributed by atoms with Gasteiger partial charge < -0.3 is 20.5 Å². The highest BCUT2D eigenvalue weighted by Crippen LogP contribution is 2.28. The van der Waals surface area contributed by atoms with Gasteiger partial charge in [0.25, 0.3) is 0 Å². The summed E-state index contributed by atoms with van der Waals surface area (Å²) >= 11 is 0. The molecule has 1 aromatic rings. The molecule has 6 heteroatoms. The van der Waals surface area contributed by atoms with Crippen molar-refractivity contribution in [3.05, 3.63) is 29.8 Å². The number of anilines is 1. The Morgan fingerprint density at radius 3 is 2.52 bits per heavy atom. The summed E-state index contributed by atoms with van der Waals surface area (Å²) in [5, 5.41) is 9.24. The molecule has 1 aliphatic heterocycles. The Labute approximate surface area is 123 Å². The van der Waals surface area contributed by atoms with Crippen molar-refractivity contribution >= 4 is 17.6 Å². The standard InChI is InChI=1S/C15H20N2O4/c1-15(2,10-3-5-11(16)6-4-10)14(20)17-7-8-21-9-12(17)13(18)19/h3-6,12H,7-9,16H2,1-2H3,(H,18,19). The zero-order valence-corrected chi connectivity index (χ0v) is 12.2. The van der Waals surface area contributed by atoms with Gasteiger partial charge >= 0.3 is 5.97 Å². The van der Waals surface area contributed by atoms with Gasteiger partial charge in [0.15, 0.2) is 6.04 Å². The van der Waals surface area contributed by atoms with Crippen LogP contribution in [0.5, 0.6) is 0 Å². The number of carboxylic acid groups (broad SMARTS) is 1. The van der Waals surface area contributed by atoms with Crippen LogP contribution in [0, 0.1) is 0 Å². The first-order valence-corrected chi connectivity index (χ1v) is 6.81. The van der Waals surface area contributed by atoms with Gasteiger partial charge in [-0.25, -0.2) is 4.79 Å². The molecule has 1 amide bonds. The zero-order chi connectivity index (χ0) is 15.6. The van der Waals surface area contributed by atoms with E-state index in [1.807, 2.05) is 0 Å². The molecule has 1 heterocycles. The van der Waals surface area contributed by atoms with E-state index in [1.54, 1.807) is 38.1 Å². The maximum absolute atomic E-state index is 12.8. The van der Waals surface area contributed by atoms with Crippen LogP contribution in [0.2, 0.25) is 0 Å². The minimum atomic E-state index is -1.05. The number of hydrogen-bond acceptors (Lipinski definition) is 4. The summed E-state index contributed by atoms with van der Waals surface area (Å²) in [6, 6.07) is 6.13. The lowest BCUT2D eigenvalue weighted by atomic mass is 9.82. The number of nitrogens with zero attached hydrogens (tertiary/aromatic N) is 1. The number of carboxylic acids is 1. The van der Waals surface area contributed by atoms with Crippen LogP contribution in [-0.4, -0.2) is 47.7 Å². The van der Waals surface area contributed by atoms with Gasteiger partial charge in [-0.3, -0.25) is 4.79 Å². The fourth-order valence-corrected chi connectivity index (χ4v) is 2.43. The van der Waals surface area contributed by atoms with Crippen LogP contribution in [0.3, 0.4) is 0 Å².